The van der Waals surface area contributed by atoms with Gasteiger partial charge < -0.3 is 19.8 Å². The van der Waals surface area contributed by atoms with E-state index in [9.17, 15) is 19.8 Å². The van der Waals surface area contributed by atoms with E-state index >= 15 is 0 Å². The van der Waals surface area contributed by atoms with Gasteiger partial charge in [-0.15, -0.1) is 0 Å². The Hall–Kier alpha value is -3.75. The van der Waals surface area contributed by atoms with Crippen LogP contribution in [-0.4, -0.2) is 53.3 Å². The standard InChI is InChI=1S/C30H33ClN2O6/c31-29-24-18-23(12-8-3-1-2-4-9-17-38-30(37)28(24)25(34)19-26(29)35)32-39-20-27(36)33-15-13-22(14-16-33)21-10-6-5-7-11-21/h2,4-8,10-12,18-19,22,32,34-35H,1,3,9,13-17,20H2/b4-2?,12-8+,23-18-. The highest BCUT2D eigenvalue weighted by atomic mass is 35.5. The number of phenols is 2. The molecule has 1 fully saturated rings. The summed E-state index contributed by atoms with van der Waals surface area (Å²) in [5.74, 6) is -1.33. The number of phenolic OH excluding ortho intramolecular Hbond substituents is 2. The Balaban J connectivity index is 1.45. The van der Waals surface area contributed by atoms with E-state index in [-0.39, 0.29) is 41.0 Å². The second-order valence-corrected chi connectivity index (χ2v) is 9.83. The maximum Gasteiger partial charge on any atom is 0.342 e. The number of ether oxygens (including phenoxy) is 1. The molecule has 39 heavy (non-hydrogen) atoms. The topological polar surface area (TPSA) is 108 Å². The Morgan fingerprint density at radius 3 is 2.54 bits per heavy atom. The Kier molecular flexibility index (Phi) is 10.1. The molecule has 9 heteroatoms. The SMILES string of the molecule is O=C1OCCC=CCC/C=C/C(NOCC(=O)N2CCC(c3ccccc3)CC2)=C/c2c(Cl)c(O)cc(O)c21. The number of esters is 1. The molecular formula is C30H33ClN2O6. The number of allylic oxidation sites excluding steroid dienone is 3. The van der Waals surface area contributed by atoms with Crippen LogP contribution in [0, 0.1) is 0 Å². The number of halogens is 1. The van der Waals surface area contributed by atoms with E-state index < -0.39 is 11.7 Å². The van der Waals surface area contributed by atoms with E-state index in [1.807, 2.05) is 36.4 Å². The molecule has 206 valence electrons. The third kappa shape index (κ3) is 7.65. The van der Waals surface area contributed by atoms with Crippen LogP contribution in [0.3, 0.4) is 0 Å². The van der Waals surface area contributed by atoms with E-state index in [1.54, 1.807) is 11.0 Å². The summed E-state index contributed by atoms with van der Waals surface area (Å²) in [5.41, 5.74) is 4.32. The molecule has 8 nitrogen and oxygen atoms in total. The van der Waals surface area contributed by atoms with Gasteiger partial charge in [-0.05, 0) is 55.7 Å². The molecule has 4 rings (SSSR count). The molecule has 0 unspecified atom stereocenters. The summed E-state index contributed by atoms with van der Waals surface area (Å²) in [4.78, 5) is 32.9. The lowest BCUT2D eigenvalue weighted by Crippen LogP contribution is -2.40. The number of piperidine rings is 1. The van der Waals surface area contributed by atoms with Crippen molar-refractivity contribution in [3.05, 3.63) is 88.1 Å². The molecule has 0 aliphatic carbocycles. The van der Waals surface area contributed by atoms with Crippen molar-refractivity contribution in [3.8, 4) is 11.5 Å². The van der Waals surface area contributed by atoms with E-state index in [0.29, 0.717) is 31.1 Å². The summed E-state index contributed by atoms with van der Waals surface area (Å²) in [6.45, 7) is 1.24. The van der Waals surface area contributed by atoms with Crippen LogP contribution in [-0.2, 0) is 14.4 Å². The van der Waals surface area contributed by atoms with Gasteiger partial charge in [0.05, 0.1) is 17.3 Å². The van der Waals surface area contributed by atoms with Gasteiger partial charge in [0.1, 0.15) is 17.1 Å². The predicted molar refractivity (Wildman–Crippen MR) is 149 cm³/mol. The lowest BCUT2D eigenvalue weighted by atomic mass is 9.89. The molecule has 1 saturated heterocycles. The zero-order valence-electron chi connectivity index (χ0n) is 21.6. The molecule has 0 spiro atoms. The van der Waals surface area contributed by atoms with Crippen molar-refractivity contribution in [3.63, 3.8) is 0 Å². The highest BCUT2D eigenvalue weighted by molar-refractivity contribution is 6.34. The monoisotopic (exact) mass is 552 g/mol. The first kappa shape index (κ1) is 28.3. The highest BCUT2D eigenvalue weighted by Gasteiger charge is 2.25. The van der Waals surface area contributed by atoms with Crippen molar-refractivity contribution in [1.29, 1.82) is 0 Å². The lowest BCUT2D eigenvalue weighted by Gasteiger charge is -2.32. The minimum absolute atomic E-state index is 0.0665. The first-order chi connectivity index (χ1) is 18.9. The first-order valence-corrected chi connectivity index (χ1v) is 13.5. The molecule has 1 amide bonds. The van der Waals surface area contributed by atoms with Crippen molar-refractivity contribution in [2.24, 2.45) is 0 Å². The normalized spacial score (nSPS) is 19.3. The van der Waals surface area contributed by atoms with Crippen LogP contribution < -0.4 is 5.48 Å². The van der Waals surface area contributed by atoms with Gasteiger partial charge in [0.25, 0.3) is 5.91 Å². The number of benzene rings is 2. The summed E-state index contributed by atoms with van der Waals surface area (Å²) < 4.78 is 5.30. The minimum atomic E-state index is -0.774. The number of hydrogen-bond donors (Lipinski definition) is 3. The molecule has 0 saturated carbocycles. The smallest absolute Gasteiger partial charge is 0.342 e. The molecule has 0 atom stereocenters. The second-order valence-electron chi connectivity index (χ2n) is 9.45. The Morgan fingerprint density at radius 2 is 1.77 bits per heavy atom. The van der Waals surface area contributed by atoms with Crippen LogP contribution in [0.2, 0.25) is 5.02 Å². The highest BCUT2D eigenvalue weighted by Crippen LogP contribution is 2.38. The third-order valence-corrected chi connectivity index (χ3v) is 7.15. The number of nitrogens with one attached hydrogen (secondary N) is 1. The largest absolute Gasteiger partial charge is 0.507 e. The number of cyclic esters (lactones) is 1. The number of rotatable bonds is 5. The molecule has 2 aromatic carbocycles. The maximum absolute atomic E-state index is 12.8. The number of nitrogens with zero attached hydrogens (tertiary/aromatic N) is 1. The number of hydrogen-bond acceptors (Lipinski definition) is 7. The third-order valence-electron chi connectivity index (χ3n) is 6.75. The van der Waals surface area contributed by atoms with Gasteiger partial charge in [-0.25, -0.2) is 4.79 Å². The molecule has 0 aromatic heterocycles. The predicted octanol–water partition coefficient (Wildman–Crippen LogP) is 5.47. The van der Waals surface area contributed by atoms with Gasteiger partial charge in [0.15, 0.2) is 6.61 Å². The first-order valence-electron chi connectivity index (χ1n) is 13.1. The van der Waals surface area contributed by atoms with Gasteiger partial charge in [-0.1, -0.05) is 60.2 Å². The molecule has 0 radical (unpaired) electrons. The number of likely N-dealkylation sites (tertiary alicyclic amines) is 1. The molecular weight excluding hydrogens is 520 g/mol. The average Bonchev–Trinajstić information content (AvgIpc) is 2.94. The zero-order chi connectivity index (χ0) is 27.6. The van der Waals surface area contributed by atoms with Crippen LogP contribution in [0.1, 0.15) is 59.5 Å². The van der Waals surface area contributed by atoms with Crippen LogP contribution in [0.25, 0.3) is 6.08 Å². The van der Waals surface area contributed by atoms with E-state index in [4.69, 9.17) is 21.2 Å². The summed E-state index contributed by atoms with van der Waals surface area (Å²) >= 11 is 6.33. The fraction of sp³-hybridized carbons (Fsp3) is 0.333. The van der Waals surface area contributed by atoms with Crippen molar-refractivity contribution in [2.45, 2.75) is 38.0 Å². The Bertz CT molecular complexity index is 1250. The van der Waals surface area contributed by atoms with Gasteiger partial charge in [0.2, 0.25) is 0 Å². The number of carbonyl (C=O) groups excluding carboxylic acids is 2. The van der Waals surface area contributed by atoms with Crippen molar-refractivity contribution >= 4 is 29.6 Å². The summed E-state index contributed by atoms with van der Waals surface area (Å²) in [7, 11) is 0. The van der Waals surface area contributed by atoms with E-state index in [1.165, 1.54) is 11.6 Å². The van der Waals surface area contributed by atoms with Gasteiger partial charge in [-0.3, -0.25) is 15.1 Å². The lowest BCUT2D eigenvalue weighted by molar-refractivity contribution is -0.139. The van der Waals surface area contributed by atoms with Crippen LogP contribution in [0.4, 0.5) is 0 Å². The summed E-state index contributed by atoms with van der Waals surface area (Å²) in [6.07, 6.45) is 12.9. The quantitative estimate of drug-likeness (QED) is 0.256. The van der Waals surface area contributed by atoms with Crippen molar-refractivity contribution < 1.29 is 29.4 Å². The van der Waals surface area contributed by atoms with Gasteiger partial charge >= 0.3 is 5.97 Å². The molecule has 2 heterocycles. The summed E-state index contributed by atoms with van der Waals surface area (Å²) in [6, 6.07) is 11.3. The van der Waals surface area contributed by atoms with Gasteiger partial charge in [0, 0.05) is 24.7 Å². The maximum atomic E-state index is 12.8. The fourth-order valence-corrected chi connectivity index (χ4v) is 4.86. The fourth-order valence-electron chi connectivity index (χ4n) is 4.66. The van der Waals surface area contributed by atoms with Crippen molar-refractivity contribution in [2.75, 3.05) is 26.3 Å². The Labute approximate surface area is 233 Å². The Morgan fingerprint density at radius 1 is 1.05 bits per heavy atom. The minimum Gasteiger partial charge on any atom is -0.507 e. The van der Waals surface area contributed by atoms with Crippen LogP contribution >= 0.6 is 11.6 Å². The number of amides is 1. The number of carbonyl (C=O) groups is 2. The summed E-state index contributed by atoms with van der Waals surface area (Å²) in [5, 5.41) is 20.5. The van der Waals surface area contributed by atoms with Crippen molar-refractivity contribution in [1.82, 2.24) is 10.4 Å². The zero-order valence-corrected chi connectivity index (χ0v) is 22.4. The van der Waals surface area contributed by atoms with Crippen LogP contribution in [0.5, 0.6) is 11.5 Å². The van der Waals surface area contributed by atoms with E-state index in [0.717, 1.165) is 31.7 Å². The average molecular weight is 553 g/mol. The number of aromatic hydroxyl groups is 2. The molecule has 2 aliphatic heterocycles. The van der Waals surface area contributed by atoms with Crippen LogP contribution in [0.15, 0.2) is 66.4 Å². The second kappa shape index (κ2) is 13.9. The molecule has 2 aliphatic rings. The molecule has 0 bridgehead atoms. The van der Waals surface area contributed by atoms with Gasteiger partial charge in [-0.2, -0.15) is 0 Å². The van der Waals surface area contributed by atoms with E-state index in [2.05, 4.69) is 17.6 Å². The number of hydroxylamine groups is 1. The number of fused-ring (bicyclic) bond motifs is 1. The molecule has 2 aromatic rings. The molecule has 3 N–H and O–H groups in total.